The highest BCUT2D eigenvalue weighted by atomic mass is 79.9. The molecule has 3 rings (SSSR count). The van der Waals surface area contributed by atoms with Crippen LogP contribution in [0.15, 0.2) is 34.8 Å². The highest BCUT2D eigenvalue weighted by molar-refractivity contribution is 9.10. The van der Waals surface area contributed by atoms with Crippen molar-refractivity contribution in [1.29, 1.82) is 0 Å². The summed E-state index contributed by atoms with van der Waals surface area (Å²) in [6.45, 7) is 3.94. The van der Waals surface area contributed by atoms with Crippen LogP contribution in [0.3, 0.4) is 0 Å². The first kappa shape index (κ1) is 13.2. The number of hydrogen-bond acceptors (Lipinski definition) is 3. The van der Waals surface area contributed by atoms with Gasteiger partial charge in [-0.05, 0) is 40.5 Å². The zero-order chi connectivity index (χ0) is 13.2. The molecule has 0 saturated heterocycles. The molecular formula is C15H16BrNOS. The molecule has 1 atom stereocenters. The Labute approximate surface area is 125 Å². The van der Waals surface area contributed by atoms with E-state index < -0.39 is 0 Å². The Bertz CT molecular complexity index is 537. The van der Waals surface area contributed by atoms with Gasteiger partial charge in [-0.2, -0.15) is 0 Å². The molecule has 0 fully saturated rings. The number of halogens is 1. The van der Waals surface area contributed by atoms with Crippen molar-refractivity contribution < 1.29 is 4.74 Å². The van der Waals surface area contributed by atoms with Gasteiger partial charge in [-0.3, -0.25) is 0 Å². The van der Waals surface area contributed by atoms with Crippen molar-refractivity contribution in [3.05, 3.63) is 50.1 Å². The number of aryl methyl sites for hydroxylation is 1. The van der Waals surface area contributed by atoms with Crippen LogP contribution in [-0.4, -0.2) is 12.6 Å². The molecule has 0 saturated carbocycles. The smallest absolute Gasteiger partial charge is 0.123 e. The lowest BCUT2D eigenvalue weighted by molar-refractivity contribution is 0.227. The molecule has 19 heavy (non-hydrogen) atoms. The van der Waals surface area contributed by atoms with Crippen molar-refractivity contribution in [2.75, 3.05) is 6.54 Å². The van der Waals surface area contributed by atoms with Crippen LogP contribution in [0.1, 0.15) is 15.3 Å². The molecule has 1 unspecified atom stereocenters. The fourth-order valence-corrected chi connectivity index (χ4v) is 3.90. The van der Waals surface area contributed by atoms with Gasteiger partial charge in [0.15, 0.2) is 0 Å². The van der Waals surface area contributed by atoms with Crippen LogP contribution in [-0.2, 0) is 13.0 Å². The molecule has 2 heterocycles. The zero-order valence-electron chi connectivity index (χ0n) is 10.8. The fourth-order valence-electron chi connectivity index (χ4n) is 2.33. The molecular weight excluding hydrogens is 322 g/mol. The Morgan fingerprint density at radius 1 is 1.42 bits per heavy atom. The van der Waals surface area contributed by atoms with Gasteiger partial charge in [0.1, 0.15) is 11.9 Å². The molecule has 4 heteroatoms. The SMILES string of the molecule is Cc1sc(CNCC2Cc3ccccc3O2)cc1Br. The van der Waals surface area contributed by atoms with Gasteiger partial charge in [-0.1, -0.05) is 18.2 Å². The van der Waals surface area contributed by atoms with E-state index in [2.05, 4.69) is 52.4 Å². The Hall–Kier alpha value is -0.840. The molecule has 0 radical (unpaired) electrons. The van der Waals surface area contributed by atoms with Gasteiger partial charge in [0.25, 0.3) is 0 Å². The summed E-state index contributed by atoms with van der Waals surface area (Å²) in [6, 6.07) is 10.5. The first-order valence-corrected chi connectivity index (χ1v) is 8.03. The van der Waals surface area contributed by atoms with Gasteiger partial charge in [-0.15, -0.1) is 11.3 Å². The molecule has 0 amide bonds. The molecule has 1 aliphatic heterocycles. The van der Waals surface area contributed by atoms with Gasteiger partial charge in [0, 0.05) is 33.7 Å². The minimum Gasteiger partial charge on any atom is -0.488 e. The Morgan fingerprint density at radius 3 is 3.00 bits per heavy atom. The molecule has 0 aliphatic carbocycles. The van der Waals surface area contributed by atoms with Crippen LogP contribution in [0.5, 0.6) is 5.75 Å². The number of thiophene rings is 1. The fraction of sp³-hybridized carbons (Fsp3) is 0.333. The molecule has 0 bridgehead atoms. The molecule has 2 aromatic rings. The van der Waals surface area contributed by atoms with E-state index in [-0.39, 0.29) is 6.10 Å². The highest BCUT2D eigenvalue weighted by Gasteiger charge is 2.21. The summed E-state index contributed by atoms with van der Waals surface area (Å²) < 4.78 is 7.11. The lowest BCUT2D eigenvalue weighted by Crippen LogP contribution is -2.29. The molecule has 1 aromatic carbocycles. The van der Waals surface area contributed by atoms with Crippen molar-refractivity contribution >= 4 is 27.3 Å². The highest BCUT2D eigenvalue weighted by Crippen LogP contribution is 2.28. The van der Waals surface area contributed by atoms with Crippen LogP contribution in [0, 0.1) is 6.92 Å². The standard InChI is InChI=1S/C15H16BrNOS/c1-10-14(16)7-13(19-10)9-17-8-12-6-11-4-2-3-5-15(11)18-12/h2-5,7,12,17H,6,8-9H2,1H3. The molecule has 100 valence electrons. The van der Waals surface area contributed by atoms with Gasteiger partial charge in [0.05, 0.1) is 0 Å². The lowest BCUT2D eigenvalue weighted by Gasteiger charge is -2.11. The number of para-hydroxylation sites is 1. The molecule has 2 nitrogen and oxygen atoms in total. The van der Waals surface area contributed by atoms with Crippen LogP contribution < -0.4 is 10.1 Å². The quantitative estimate of drug-likeness (QED) is 0.913. The normalized spacial score (nSPS) is 17.3. The first-order valence-electron chi connectivity index (χ1n) is 6.42. The number of benzene rings is 1. The second kappa shape index (κ2) is 5.65. The summed E-state index contributed by atoms with van der Waals surface area (Å²) in [5.74, 6) is 1.05. The predicted octanol–water partition coefficient (Wildman–Crippen LogP) is 3.91. The Kier molecular flexibility index (Phi) is 3.91. The lowest BCUT2D eigenvalue weighted by atomic mass is 10.1. The topological polar surface area (TPSA) is 21.3 Å². The molecule has 0 spiro atoms. The minimum atomic E-state index is 0.266. The van der Waals surface area contributed by atoms with Crippen LogP contribution in [0.4, 0.5) is 0 Å². The van der Waals surface area contributed by atoms with E-state index in [4.69, 9.17) is 4.74 Å². The second-order valence-electron chi connectivity index (χ2n) is 4.80. The number of hydrogen-bond donors (Lipinski definition) is 1. The number of fused-ring (bicyclic) bond motifs is 1. The van der Waals surface area contributed by atoms with E-state index >= 15 is 0 Å². The molecule has 1 aliphatic rings. The van der Waals surface area contributed by atoms with Crippen LogP contribution in [0.2, 0.25) is 0 Å². The summed E-state index contributed by atoms with van der Waals surface area (Å²) in [6.07, 6.45) is 1.28. The maximum absolute atomic E-state index is 5.91. The van der Waals surface area contributed by atoms with Gasteiger partial charge in [-0.25, -0.2) is 0 Å². The van der Waals surface area contributed by atoms with E-state index in [9.17, 15) is 0 Å². The van der Waals surface area contributed by atoms with Gasteiger partial charge in [0.2, 0.25) is 0 Å². The maximum Gasteiger partial charge on any atom is 0.123 e. The Balaban J connectivity index is 1.50. The summed E-state index contributed by atoms with van der Waals surface area (Å²) in [7, 11) is 0. The van der Waals surface area contributed by atoms with Crippen LogP contribution in [0.25, 0.3) is 0 Å². The average molecular weight is 338 g/mol. The third-order valence-corrected chi connectivity index (χ3v) is 5.43. The van der Waals surface area contributed by atoms with E-state index in [1.165, 1.54) is 19.8 Å². The predicted molar refractivity (Wildman–Crippen MR) is 83.0 cm³/mol. The first-order chi connectivity index (χ1) is 9.22. The largest absolute Gasteiger partial charge is 0.488 e. The summed E-state index contributed by atoms with van der Waals surface area (Å²) in [4.78, 5) is 2.70. The molecule has 1 N–H and O–H groups in total. The van der Waals surface area contributed by atoms with Gasteiger partial charge < -0.3 is 10.1 Å². The van der Waals surface area contributed by atoms with E-state index in [1.54, 1.807) is 0 Å². The minimum absolute atomic E-state index is 0.266. The summed E-state index contributed by atoms with van der Waals surface area (Å²) in [5, 5.41) is 3.48. The summed E-state index contributed by atoms with van der Waals surface area (Å²) >= 11 is 5.39. The monoisotopic (exact) mass is 337 g/mol. The zero-order valence-corrected chi connectivity index (χ0v) is 13.2. The second-order valence-corrected chi connectivity index (χ2v) is 6.99. The number of rotatable bonds is 4. The van der Waals surface area contributed by atoms with E-state index in [0.29, 0.717) is 0 Å². The van der Waals surface area contributed by atoms with Crippen molar-refractivity contribution in [2.24, 2.45) is 0 Å². The summed E-state index contributed by atoms with van der Waals surface area (Å²) in [5.41, 5.74) is 1.32. The maximum atomic E-state index is 5.91. The van der Waals surface area contributed by atoms with Crippen molar-refractivity contribution in [2.45, 2.75) is 26.0 Å². The number of ether oxygens (including phenoxy) is 1. The van der Waals surface area contributed by atoms with Crippen molar-refractivity contribution in [1.82, 2.24) is 5.32 Å². The van der Waals surface area contributed by atoms with E-state index in [1.807, 2.05) is 17.4 Å². The van der Waals surface area contributed by atoms with Crippen LogP contribution >= 0.6 is 27.3 Å². The number of nitrogens with one attached hydrogen (secondary N) is 1. The van der Waals surface area contributed by atoms with E-state index in [0.717, 1.165) is 25.3 Å². The third-order valence-electron chi connectivity index (χ3n) is 3.29. The van der Waals surface area contributed by atoms with Crippen molar-refractivity contribution in [3.63, 3.8) is 0 Å². The van der Waals surface area contributed by atoms with Gasteiger partial charge >= 0.3 is 0 Å². The molecule has 1 aromatic heterocycles. The Morgan fingerprint density at radius 2 is 2.26 bits per heavy atom. The van der Waals surface area contributed by atoms with Crippen molar-refractivity contribution in [3.8, 4) is 5.75 Å². The average Bonchev–Trinajstić information content (AvgIpc) is 2.93. The third kappa shape index (κ3) is 3.02.